The number of aryl methyl sites for hydroxylation is 3. The monoisotopic (exact) mass is 728 g/mol. The summed E-state index contributed by atoms with van der Waals surface area (Å²) in [5.41, 5.74) is 7.12. The fourth-order valence-corrected chi connectivity index (χ4v) is 8.31. The number of rotatable bonds is 9. The zero-order valence-corrected chi connectivity index (χ0v) is 30.6. The number of likely N-dealkylation sites (tertiary alicyclic amines) is 1. The molecule has 3 aromatic carbocycles. The van der Waals surface area contributed by atoms with E-state index in [0.29, 0.717) is 11.5 Å². The summed E-state index contributed by atoms with van der Waals surface area (Å²) in [6.45, 7) is 16.2. The SMILES string of the molecule is [C-]#[N+]C1(c2ccc(N(CC3CCN(Cc4cc5c(cc4F)C(=O)N(C4CCC(=O)NC4=O)C5=O)CC3)c3cc(-c4c(C)noc4C)ccc3C)cc2)CC1. The van der Waals surface area contributed by atoms with Gasteiger partial charge in [-0.3, -0.25) is 34.3 Å². The molecule has 0 bridgehead atoms. The van der Waals surface area contributed by atoms with Crippen molar-refractivity contribution in [3.8, 4) is 11.1 Å². The zero-order chi connectivity index (χ0) is 37.9. The van der Waals surface area contributed by atoms with E-state index in [9.17, 15) is 19.2 Å². The highest BCUT2D eigenvalue weighted by Gasteiger charge is 2.52. The first-order valence-corrected chi connectivity index (χ1v) is 18.5. The summed E-state index contributed by atoms with van der Waals surface area (Å²) in [4.78, 5) is 60.0. The molecule has 11 nitrogen and oxygen atoms in total. The number of imide groups is 2. The molecule has 1 aromatic heterocycles. The van der Waals surface area contributed by atoms with Gasteiger partial charge in [-0.1, -0.05) is 17.3 Å². The van der Waals surface area contributed by atoms with Gasteiger partial charge in [-0.25, -0.2) is 11.0 Å². The fraction of sp³-hybridized carbons (Fsp3) is 0.381. The Kier molecular flexibility index (Phi) is 8.93. The number of anilines is 2. The van der Waals surface area contributed by atoms with Crippen molar-refractivity contribution in [3.63, 3.8) is 0 Å². The van der Waals surface area contributed by atoms with Gasteiger partial charge in [0, 0.05) is 60.4 Å². The van der Waals surface area contributed by atoms with E-state index in [2.05, 4.69) is 74.5 Å². The largest absolute Gasteiger partial charge is 0.361 e. The van der Waals surface area contributed by atoms with Gasteiger partial charge >= 0.3 is 0 Å². The maximum Gasteiger partial charge on any atom is 0.262 e. The van der Waals surface area contributed by atoms with Gasteiger partial charge in [-0.05, 0) is 113 Å². The second-order valence-electron chi connectivity index (χ2n) is 15.2. The smallest absolute Gasteiger partial charge is 0.262 e. The maximum absolute atomic E-state index is 15.5. The Labute approximate surface area is 312 Å². The number of piperidine rings is 2. The molecule has 3 aliphatic heterocycles. The van der Waals surface area contributed by atoms with Crippen LogP contribution in [0, 0.1) is 39.1 Å². The van der Waals surface area contributed by atoms with Crippen LogP contribution in [-0.4, -0.2) is 64.3 Å². The van der Waals surface area contributed by atoms with E-state index in [1.807, 2.05) is 13.8 Å². The average Bonchev–Trinajstić information content (AvgIpc) is 3.85. The number of aromatic nitrogens is 1. The summed E-state index contributed by atoms with van der Waals surface area (Å²) in [7, 11) is 0. The van der Waals surface area contributed by atoms with E-state index in [1.165, 1.54) is 6.07 Å². The second kappa shape index (κ2) is 13.6. The number of nitrogens with one attached hydrogen (secondary N) is 1. The summed E-state index contributed by atoms with van der Waals surface area (Å²) >= 11 is 0. The van der Waals surface area contributed by atoms with Gasteiger partial charge in [0.05, 0.1) is 16.8 Å². The van der Waals surface area contributed by atoms with E-state index >= 15 is 4.39 Å². The number of carbonyl (C=O) groups excluding carboxylic acids is 4. The lowest BCUT2D eigenvalue weighted by Crippen LogP contribution is -2.54. The van der Waals surface area contributed by atoms with E-state index in [1.54, 1.807) is 0 Å². The van der Waals surface area contributed by atoms with Crippen molar-refractivity contribution in [1.29, 1.82) is 0 Å². The highest BCUT2D eigenvalue weighted by atomic mass is 19.1. The molecular weight excluding hydrogens is 687 g/mol. The first-order valence-electron chi connectivity index (χ1n) is 18.5. The van der Waals surface area contributed by atoms with Crippen LogP contribution in [0.25, 0.3) is 16.0 Å². The van der Waals surface area contributed by atoms with Crippen LogP contribution in [0.5, 0.6) is 0 Å². The van der Waals surface area contributed by atoms with Crippen LogP contribution in [0.15, 0.2) is 59.1 Å². The van der Waals surface area contributed by atoms with Crippen molar-refractivity contribution < 1.29 is 28.1 Å². The van der Waals surface area contributed by atoms with Crippen molar-refractivity contribution in [1.82, 2.24) is 20.3 Å². The van der Waals surface area contributed by atoms with Gasteiger partial charge in [0.15, 0.2) is 0 Å². The molecule has 2 saturated heterocycles. The topological polar surface area (TPSA) is 120 Å². The van der Waals surface area contributed by atoms with Crippen molar-refractivity contribution in [2.45, 2.75) is 77.4 Å². The zero-order valence-electron chi connectivity index (χ0n) is 30.6. The Morgan fingerprint density at radius 2 is 1.67 bits per heavy atom. The van der Waals surface area contributed by atoms with Gasteiger partial charge in [0.25, 0.3) is 17.4 Å². The summed E-state index contributed by atoms with van der Waals surface area (Å²) in [5, 5.41) is 6.37. The molecule has 1 atom stereocenters. The Balaban J connectivity index is 0.996. The van der Waals surface area contributed by atoms with Crippen LogP contribution in [0.4, 0.5) is 15.8 Å². The number of hydrogen-bond donors (Lipinski definition) is 1. The highest BCUT2D eigenvalue weighted by molar-refractivity contribution is 6.23. The lowest BCUT2D eigenvalue weighted by atomic mass is 9.94. The first kappa shape index (κ1) is 35.4. The lowest BCUT2D eigenvalue weighted by molar-refractivity contribution is -0.136. The van der Waals surface area contributed by atoms with Crippen LogP contribution in [0.2, 0.25) is 0 Å². The highest BCUT2D eigenvalue weighted by Crippen LogP contribution is 2.50. The Morgan fingerprint density at radius 3 is 2.30 bits per heavy atom. The molecule has 4 aliphatic rings. The number of hydrogen-bond acceptors (Lipinski definition) is 8. The number of nitrogens with zero attached hydrogens (tertiary/aromatic N) is 5. The second-order valence-corrected chi connectivity index (χ2v) is 15.2. The van der Waals surface area contributed by atoms with Crippen LogP contribution < -0.4 is 10.2 Å². The molecule has 3 fully saturated rings. The molecule has 1 aliphatic carbocycles. The quantitative estimate of drug-likeness (QED) is 0.148. The van der Waals surface area contributed by atoms with Gasteiger partial charge in [-0.15, -0.1) is 0 Å². The number of fused-ring (bicyclic) bond motifs is 1. The minimum Gasteiger partial charge on any atom is -0.361 e. The standard InChI is InChI=1S/C42H41FN6O5/c1-24-5-6-28(38-25(2)46-54-26(38)3)20-36(24)48(31-9-7-30(8-10-31)42(44-4)15-16-42)22-27-13-17-47(18-14-27)23-29-19-32-33(21-34(29)43)41(53)49(40(32)52)35-11-12-37(50)45-39(35)51/h5-10,19-21,27,35H,11-18,22-23H2,1-3H3,(H,45,50,51). The van der Waals surface area contributed by atoms with Crippen molar-refractivity contribution in [2.24, 2.45) is 5.92 Å². The van der Waals surface area contributed by atoms with Gasteiger partial charge < -0.3 is 14.3 Å². The first-order chi connectivity index (χ1) is 26.0. The van der Waals surface area contributed by atoms with Crippen LogP contribution >= 0.6 is 0 Å². The summed E-state index contributed by atoms with van der Waals surface area (Å²) in [6, 6.07) is 16.3. The molecule has 0 radical (unpaired) electrons. The molecule has 1 saturated carbocycles. The number of halogens is 1. The summed E-state index contributed by atoms with van der Waals surface area (Å²) in [5.74, 6) is -2.00. The predicted molar refractivity (Wildman–Crippen MR) is 198 cm³/mol. The number of benzene rings is 3. The molecule has 4 heterocycles. The Morgan fingerprint density at radius 1 is 0.963 bits per heavy atom. The fourth-order valence-electron chi connectivity index (χ4n) is 8.31. The lowest BCUT2D eigenvalue weighted by Gasteiger charge is -2.36. The molecule has 1 unspecified atom stereocenters. The molecule has 0 spiro atoms. The molecule has 12 heteroatoms. The van der Waals surface area contributed by atoms with Gasteiger partial charge in [0.1, 0.15) is 17.6 Å². The molecule has 276 valence electrons. The molecule has 8 rings (SSSR count). The third-order valence-electron chi connectivity index (χ3n) is 11.6. The van der Waals surface area contributed by atoms with Gasteiger partial charge in [-0.2, -0.15) is 0 Å². The molecule has 4 amide bonds. The number of carbonyl (C=O) groups is 4. The van der Waals surface area contributed by atoms with E-state index in [4.69, 9.17) is 11.1 Å². The van der Waals surface area contributed by atoms with Crippen LogP contribution in [-0.2, 0) is 21.7 Å². The Hall–Kier alpha value is -5.67. The predicted octanol–water partition coefficient (Wildman–Crippen LogP) is 6.77. The summed E-state index contributed by atoms with van der Waals surface area (Å²) in [6.07, 6.45) is 3.57. The average molecular weight is 729 g/mol. The summed E-state index contributed by atoms with van der Waals surface area (Å²) < 4.78 is 21.0. The Bertz CT molecular complexity index is 2230. The molecular formula is C42H41FN6O5. The van der Waals surface area contributed by atoms with Gasteiger partial charge in [0.2, 0.25) is 11.8 Å². The molecule has 1 N–H and O–H groups in total. The van der Waals surface area contributed by atoms with Crippen molar-refractivity contribution in [2.75, 3.05) is 24.5 Å². The van der Waals surface area contributed by atoms with E-state index in [-0.39, 0.29) is 36.1 Å². The maximum atomic E-state index is 15.5. The van der Waals surface area contributed by atoms with Crippen molar-refractivity contribution >= 4 is 35.0 Å². The van der Waals surface area contributed by atoms with Crippen LogP contribution in [0.1, 0.15) is 87.4 Å². The molecule has 54 heavy (non-hydrogen) atoms. The van der Waals surface area contributed by atoms with E-state index < -0.39 is 35.5 Å². The minimum absolute atomic E-state index is 0.0156. The minimum atomic E-state index is -1.10. The third-order valence-corrected chi connectivity index (χ3v) is 11.6. The molecule has 4 aromatic rings. The van der Waals surface area contributed by atoms with Crippen LogP contribution in [0.3, 0.4) is 0 Å². The van der Waals surface area contributed by atoms with Crippen molar-refractivity contribution in [3.05, 3.63) is 111 Å². The number of amides is 4. The third kappa shape index (κ3) is 6.26. The van der Waals surface area contributed by atoms with E-state index in [0.717, 1.165) is 101 Å². The normalized spacial score (nSPS) is 19.8.